The predicted octanol–water partition coefficient (Wildman–Crippen LogP) is 1.16. The van der Waals surface area contributed by atoms with E-state index < -0.39 is 0 Å². The van der Waals surface area contributed by atoms with Gasteiger partial charge in [-0.15, -0.1) is 0 Å². The second-order valence-electron chi connectivity index (χ2n) is 8.46. The molecule has 1 amide bonds. The van der Waals surface area contributed by atoms with Gasteiger partial charge in [0.25, 0.3) is 11.5 Å². The first-order valence-electron chi connectivity index (χ1n) is 9.99. The van der Waals surface area contributed by atoms with E-state index in [2.05, 4.69) is 5.32 Å². The van der Waals surface area contributed by atoms with Crippen LogP contribution < -0.4 is 10.9 Å². The summed E-state index contributed by atoms with van der Waals surface area (Å²) in [6, 6.07) is 3.03. The lowest BCUT2D eigenvalue weighted by atomic mass is 9.82. The fourth-order valence-corrected chi connectivity index (χ4v) is 5.58. The maximum Gasteiger partial charge on any atom is 0.263 e. The van der Waals surface area contributed by atoms with Crippen LogP contribution >= 0.6 is 0 Å². The van der Waals surface area contributed by atoms with Crippen molar-refractivity contribution in [2.45, 2.75) is 57.3 Å². The smallest absolute Gasteiger partial charge is 0.263 e. The van der Waals surface area contributed by atoms with Crippen molar-refractivity contribution < 1.29 is 9.53 Å². The Morgan fingerprint density at radius 3 is 2.62 bits per heavy atom. The van der Waals surface area contributed by atoms with E-state index >= 15 is 0 Å². The van der Waals surface area contributed by atoms with Gasteiger partial charge < -0.3 is 19.5 Å². The normalized spacial score (nSPS) is 35.3. The molecule has 4 fully saturated rings. The molecule has 1 N–H and O–H groups in total. The summed E-state index contributed by atoms with van der Waals surface area (Å²) >= 11 is 0. The highest BCUT2D eigenvalue weighted by Crippen LogP contribution is 2.43. The van der Waals surface area contributed by atoms with Gasteiger partial charge in [0.2, 0.25) is 0 Å². The number of aryl methyl sites for hydroxylation is 1. The minimum Gasteiger partial charge on any atom is -0.376 e. The molecule has 6 nitrogen and oxygen atoms in total. The van der Waals surface area contributed by atoms with Crippen molar-refractivity contribution in [1.29, 1.82) is 0 Å². The van der Waals surface area contributed by atoms with Gasteiger partial charge >= 0.3 is 0 Å². The third-order valence-electron chi connectivity index (χ3n) is 6.96. The Bertz CT molecular complexity index is 765. The Morgan fingerprint density at radius 2 is 1.96 bits per heavy atom. The number of hydrogen-bond acceptors (Lipinski definition) is 4. The molecule has 0 aromatic carbocycles. The second-order valence-corrected chi connectivity index (χ2v) is 8.46. The average molecular weight is 357 g/mol. The van der Waals surface area contributed by atoms with Crippen LogP contribution in [0.4, 0.5) is 0 Å². The number of nitrogens with one attached hydrogen (secondary N) is 1. The van der Waals surface area contributed by atoms with Crippen LogP contribution in [-0.4, -0.2) is 53.3 Å². The number of fused-ring (bicyclic) bond motifs is 5. The molecule has 26 heavy (non-hydrogen) atoms. The Balaban J connectivity index is 1.39. The van der Waals surface area contributed by atoms with Gasteiger partial charge in [-0.3, -0.25) is 9.59 Å². The van der Waals surface area contributed by atoms with Crippen LogP contribution in [0.1, 0.15) is 41.6 Å². The van der Waals surface area contributed by atoms with E-state index in [0.717, 1.165) is 38.1 Å². The molecule has 2 bridgehead atoms. The molecule has 140 valence electrons. The number of ether oxygens (including phenoxy) is 1. The summed E-state index contributed by atoms with van der Waals surface area (Å²) in [5.41, 5.74) is 0.969. The van der Waals surface area contributed by atoms with Gasteiger partial charge in [0.05, 0.1) is 12.6 Å². The molecule has 5 rings (SSSR count). The zero-order valence-electron chi connectivity index (χ0n) is 15.3. The summed E-state index contributed by atoms with van der Waals surface area (Å²) in [4.78, 5) is 28.1. The minimum atomic E-state index is -0.163. The highest BCUT2D eigenvalue weighted by atomic mass is 16.5. The standard InChI is InChI=1S/C20H27N3O3/c1-12-6-7-22(9-13-3-2-8-26-13)19(24)18(12)20(25)23-10-14-15(11-23)17-5-4-16(14)21-17/h6-7,13-17,21H,2-5,8-11H2,1H3/t13?,14-,15+,16-,17+. The van der Waals surface area contributed by atoms with Crippen molar-refractivity contribution in [1.82, 2.24) is 14.8 Å². The first-order valence-corrected chi connectivity index (χ1v) is 9.99. The fraction of sp³-hybridized carbons (Fsp3) is 0.700. The molecular formula is C20H27N3O3. The number of pyridine rings is 1. The molecule has 6 heteroatoms. The van der Waals surface area contributed by atoms with Gasteiger partial charge in [-0.25, -0.2) is 0 Å². The monoisotopic (exact) mass is 357 g/mol. The molecule has 0 radical (unpaired) electrons. The molecule has 5 atom stereocenters. The van der Waals surface area contributed by atoms with Crippen molar-refractivity contribution >= 4 is 5.91 Å². The Morgan fingerprint density at radius 1 is 1.23 bits per heavy atom. The molecule has 0 aliphatic carbocycles. The third kappa shape index (κ3) is 2.54. The summed E-state index contributed by atoms with van der Waals surface area (Å²) in [7, 11) is 0. The first-order chi connectivity index (χ1) is 12.6. The number of nitrogens with zero attached hydrogens (tertiary/aromatic N) is 2. The SMILES string of the molecule is Cc1ccn(CC2CCCO2)c(=O)c1C(=O)N1C[C@@H]2[C@H](C1)[C@@H]1CC[C@H]2N1. The van der Waals surface area contributed by atoms with Crippen LogP contribution in [0, 0.1) is 18.8 Å². The zero-order chi connectivity index (χ0) is 17.8. The largest absolute Gasteiger partial charge is 0.376 e. The van der Waals surface area contributed by atoms with E-state index in [4.69, 9.17) is 4.74 Å². The van der Waals surface area contributed by atoms with E-state index in [1.54, 1.807) is 10.8 Å². The van der Waals surface area contributed by atoms with Gasteiger partial charge in [-0.1, -0.05) is 0 Å². The van der Waals surface area contributed by atoms with Gasteiger partial charge in [-0.05, 0) is 56.1 Å². The van der Waals surface area contributed by atoms with Crippen molar-refractivity contribution in [3.63, 3.8) is 0 Å². The summed E-state index contributed by atoms with van der Waals surface area (Å²) in [6.45, 7) is 4.75. The Hall–Kier alpha value is -1.66. The summed E-state index contributed by atoms with van der Waals surface area (Å²) in [5, 5.41) is 3.68. The lowest BCUT2D eigenvalue weighted by Gasteiger charge is -2.21. The van der Waals surface area contributed by atoms with Gasteiger partial charge in [0.1, 0.15) is 5.56 Å². The number of hydrogen-bond donors (Lipinski definition) is 1. The molecule has 4 saturated heterocycles. The van der Waals surface area contributed by atoms with Crippen molar-refractivity contribution in [2.75, 3.05) is 19.7 Å². The second kappa shape index (κ2) is 6.20. The van der Waals surface area contributed by atoms with Gasteiger partial charge in [0.15, 0.2) is 0 Å². The number of amides is 1. The summed E-state index contributed by atoms with van der Waals surface area (Å²) in [5.74, 6) is 1.05. The van der Waals surface area contributed by atoms with Crippen LogP contribution in [0.3, 0.4) is 0 Å². The maximum absolute atomic E-state index is 13.2. The highest BCUT2D eigenvalue weighted by molar-refractivity contribution is 5.95. The molecule has 1 unspecified atom stereocenters. The molecule has 1 aromatic heterocycles. The molecule has 5 heterocycles. The number of carbonyl (C=O) groups excluding carboxylic acids is 1. The van der Waals surface area contributed by atoms with Crippen molar-refractivity contribution in [2.24, 2.45) is 11.8 Å². The van der Waals surface area contributed by atoms with Crippen molar-refractivity contribution in [3.05, 3.63) is 33.7 Å². The number of aromatic nitrogens is 1. The van der Waals surface area contributed by atoms with E-state index in [9.17, 15) is 9.59 Å². The Kier molecular flexibility index (Phi) is 3.94. The highest BCUT2D eigenvalue weighted by Gasteiger charge is 2.52. The first kappa shape index (κ1) is 16.5. The topological polar surface area (TPSA) is 63.6 Å². The van der Waals surface area contributed by atoms with Crippen molar-refractivity contribution in [3.8, 4) is 0 Å². The Labute approximate surface area is 153 Å². The number of carbonyl (C=O) groups is 1. The van der Waals surface area contributed by atoms with Crippen LogP contribution in [-0.2, 0) is 11.3 Å². The van der Waals surface area contributed by atoms with Crippen LogP contribution in [0.5, 0.6) is 0 Å². The lowest BCUT2D eigenvalue weighted by molar-refractivity contribution is 0.0772. The van der Waals surface area contributed by atoms with Crippen LogP contribution in [0.25, 0.3) is 0 Å². The lowest BCUT2D eigenvalue weighted by Crippen LogP contribution is -2.39. The van der Waals surface area contributed by atoms with E-state index in [1.165, 1.54) is 12.8 Å². The molecule has 4 aliphatic rings. The van der Waals surface area contributed by atoms with Gasteiger partial charge in [0, 0.05) is 38.0 Å². The molecule has 0 spiro atoms. The average Bonchev–Trinajstić information content (AvgIpc) is 3.40. The minimum absolute atomic E-state index is 0.0806. The number of rotatable bonds is 3. The van der Waals surface area contributed by atoms with Crippen LogP contribution in [0.15, 0.2) is 17.1 Å². The molecule has 4 aliphatic heterocycles. The van der Waals surface area contributed by atoms with E-state index in [-0.39, 0.29) is 17.6 Å². The van der Waals surface area contributed by atoms with E-state index in [1.807, 2.05) is 17.9 Å². The quantitative estimate of drug-likeness (QED) is 0.882. The summed E-state index contributed by atoms with van der Waals surface area (Å²) < 4.78 is 7.33. The number of likely N-dealkylation sites (tertiary alicyclic amines) is 1. The predicted molar refractivity (Wildman–Crippen MR) is 97.2 cm³/mol. The van der Waals surface area contributed by atoms with Gasteiger partial charge in [-0.2, -0.15) is 0 Å². The maximum atomic E-state index is 13.2. The fourth-order valence-electron chi connectivity index (χ4n) is 5.58. The third-order valence-corrected chi connectivity index (χ3v) is 6.96. The molecular weight excluding hydrogens is 330 g/mol. The van der Waals surface area contributed by atoms with E-state index in [0.29, 0.717) is 36.0 Å². The van der Waals surface area contributed by atoms with Crippen LogP contribution in [0.2, 0.25) is 0 Å². The molecule has 1 aromatic rings. The summed E-state index contributed by atoms with van der Waals surface area (Å²) in [6.07, 6.45) is 6.38. The molecule has 0 saturated carbocycles. The zero-order valence-corrected chi connectivity index (χ0v) is 15.3.